The highest BCUT2D eigenvalue weighted by molar-refractivity contribution is 4.84. The number of aliphatic hydroxyl groups is 1. The lowest BCUT2D eigenvalue weighted by molar-refractivity contribution is 0.122. The third kappa shape index (κ3) is 3.60. The number of rotatable bonds is 5. The van der Waals surface area contributed by atoms with E-state index in [2.05, 4.69) is 5.32 Å². The normalized spacial score (nSPS) is 30.7. The van der Waals surface area contributed by atoms with Crippen LogP contribution in [0.5, 0.6) is 0 Å². The van der Waals surface area contributed by atoms with Gasteiger partial charge in [0.15, 0.2) is 0 Å². The summed E-state index contributed by atoms with van der Waals surface area (Å²) in [7, 11) is 1.64. The zero-order chi connectivity index (χ0) is 9.68. The molecule has 4 heteroatoms. The van der Waals surface area contributed by atoms with Gasteiger partial charge in [-0.25, -0.2) is 0 Å². The molecule has 1 saturated carbocycles. The summed E-state index contributed by atoms with van der Waals surface area (Å²) >= 11 is 0. The van der Waals surface area contributed by atoms with Crippen LogP contribution in [0.1, 0.15) is 19.3 Å². The van der Waals surface area contributed by atoms with Gasteiger partial charge >= 0.3 is 0 Å². The first-order valence-corrected chi connectivity index (χ1v) is 4.87. The van der Waals surface area contributed by atoms with Crippen LogP contribution >= 0.6 is 0 Å². The Morgan fingerprint density at radius 1 is 1.62 bits per heavy atom. The first-order chi connectivity index (χ1) is 6.26. The van der Waals surface area contributed by atoms with Crippen molar-refractivity contribution >= 4 is 0 Å². The summed E-state index contributed by atoms with van der Waals surface area (Å²) in [5, 5.41) is 12.4. The highest BCUT2D eigenvalue weighted by atomic mass is 16.5. The predicted molar refractivity (Wildman–Crippen MR) is 51.5 cm³/mol. The van der Waals surface area contributed by atoms with Gasteiger partial charge in [-0.3, -0.25) is 0 Å². The molecule has 4 N–H and O–H groups in total. The second-order valence-electron chi connectivity index (χ2n) is 3.77. The molecular weight excluding hydrogens is 168 g/mol. The number of hydrogen-bond acceptors (Lipinski definition) is 4. The fourth-order valence-corrected chi connectivity index (χ4v) is 1.86. The third-order valence-electron chi connectivity index (χ3n) is 2.53. The van der Waals surface area contributed by atoms with Gasteiger partial charge in [0.25, 0.3) is 0 Å². The molecule has 1 rings (SSSR count). The number of nitrogens with two attached hydrogens (primary N) is 1. The fourth-order valence-electron chi connectivity index (χ4n) is 1.86. The van der Waals surface area contributed by atoms with Crippen LogP contribution in [0.15, 0.2) is 0 Å². The van der Waals surface area contributed by atoms with Crippen molar-refractivity contribution in [1.29, 1.82) is 0 Å². The van der Waals surface area contributed by atoms with Crippen LogP contribution in [-0.2, 0) is 4.74 Å². The summed E-state index contributed by atoms with van der Waals surface area (Å²) in [4.78, 5) is 0. The fraction of sp³-hybridized carbons (Fsp3) is 1.00. The van der Waals surface area contributed by atoms with Crippen molar-refractivity contribution in [2.24, 2.45) is 5.73 Å². The van der Waals surface area contributed by atoms with Gasteiger partial charge < -0.3 is 20.9 Å². The maximum atomic E-state index is 9.01. The molecule has 3 atom stereocenters. The molecule has 13 heavy (non-hydrogen) atoms. The Morgan fingerprint density at radius 2 is 2.38 bits per heavy atom. The minimum absolute atomic E-state index is 0.0558. The predicted octanol–water partition coefficient (Wildman–Crippen LogP) is -0.537. The molecule has 0 aliphatic heterocycles. The van der Waals surface area contributed by atoms with Gasteiger partial charge in [-0.2, -0.15) is 0 Å². The van der Waals surface area contributed by atoms with E-state index in [0.717, 1.165) is 19.3 Å². The van der Waals surface area contributed by atoms with Crippen molar-refractivity contribution in [3.05, 3.63) is 0 Å². The lowest BCUT2D eigenvalue weighted by Crippen LogP contribution is -2.42. The van der Waals surface area contributed by atoms with Crippen LogP contribution in [0.2, 0.25) is 0 Å². The van der Waals surface area contributed by atoms with E-state index in [1.807, 2.05) is 0 Å². The first-order valence-electron chi connectivity index (χ1n) is 4.87. The molecule has 0 aromatic rings. The SMILES string of the molecule is COCC(CO)NC1CCC(N)C1. The Labute approximate surface area is 79.5 Å². The highest BCUT2D eigenvalue weighted by Crippen LogP contribution is 2.17. The molecule has 78 valence electrons. The van der Waals surface area contributed by atoms with Gasteiger partial charge in [0.05, 0.1) is 19.3 Å². The molecule has 4 nitrogen and oxygen atoms in total. The number of hydrogen-bond donors (Lipinski definition) is 3. The zero-order valence-corrected chi connectivity index (χ0v) is 8.20. The van der Waals surface area contributed by atoms with Crippen LogP contribution in [0.25, 0.3) is 0 Å². The maximum absolute atomic E-state index is 9.01. The highest BCUT2D eigenvalue weighted by Gasteiger charge is 2.23. The Bertz CT molecular complexity index is 142. The van der Waals surface area contributed by atoms with Crippen molar-refractivity contribution in [2.45, 2.75) is 37.4 Å². The topological polar surface area (TPSA) is 67.5 Å². The molecule has 0 amide bonds. The Morgan fingerprint density at radius 3 is 2.85 bits per heavy atom. The summed E-state index contributed by atoms with van der Waals surface area (Å²) < 4.78 is 4.98. The minimum atomic E-state index is 0.0558. The number of aliphatic hydroxyl groups excluding tert-OH is 1. The molecule has 0 heterocycles. The average Bonchev–Trinajstić information content (AvgIpc) is 2.50. The lowest BCUT2D eigenvalue weighted by atomic mass is 10.2. The zero-order valence-electron chi connectivity index (χ0n) is 8.20. The summed E-state index contributed by atoms with van der Waals surface area (Å²) in [6.45, 7) is 0.682. The van der Waals surface area contributed by atoms with Gasteiger partial charge in [0.2, 0.25) is 0 Å². The van der Waals surface area contributed by atoms with Crippen LogP contribution in [0.3, 0.4) is 0 Å². The van der Waals surface area contributed by atoms with Gasteiger partial charge in [-0.05, 0) is 19.3 Å². The molecular formula is C9H20N2O2. The van der Waals surface area contributed by atoms with E-state index in [1.54, 1.807) is 7.11 Å². The van der Waals surface area contributed by atoms with E-state index in [1.165, 1.54) is 0 Å². The third-order valence-corrected chi connectivity index (χ3v) is 2.53. The molecule has 1 aliphatic carbocycles. The van der Waals surface area contributed by atoms with Gasteiger partial charge in [-0.15, -0.1) is 0 Å². The largest absolute Gasteiger partial charge is 0.395 e. The van der Waals surface area contributed by atoms with E-state index in [9.17, 15) is 0 Å². The standard InChI is InChI=1S/C9H20N2O2/c1-13-6-9(5-12)11-8-3-2-7(10)4-8/h7-9,11-12H,2-6,10H2,1H3. The van der Waals surface area contributed by atoms with E-state index in [-0.39, 0.29) is 12.6 Å². The van der Waals surface area contributed by atoms with Crippen LogP contribution in [0.4, 0.5) is 0 Å². The van der Waals surface area contributed by atoms with Crippen molar-refractivity contribution in [2.75, 3.05) is 20.3 Å². The first kappa shape index (κ1) is 10.9. The Balaban J connectivity index is 2.21. The molecule has 0 spiro atoms. The number of ether oxygens (including phenoxy) is 1. The lowest BCUT2D eigenvalue weighted by Gasteiger charge is -2.20. The Hall–Kier alpha value is -0.160. The Kier molecular flexibility index (Phi) is 4.66. The van der Waals surface area contributed by atoms with Crippen molar-refractivity contribution in [3.63, 3.8) is 0 Å². The van der Waals surface area contributed by atoms with Crippen molar-refractivity contribution in [1.82, 2.24) is 5.32 Å². The van der Waals surface area contributed by atoms with Crippen LogP contribution < -0.4 is 11.1 Å². The summed E-state index contributed by atoms with van der Waals surface area (Å²) in [6.07, 6.45) is 3.21. The summed E-state index contributed by atoms with van der Waals surface area (Å²) in [6, 6.07) is 0.849. The monoisotopic (exact) mass is 188 g/mol. The second kappa shape index (κ2) is 5.54. The quantitative estimate of drug-likeness (QED) is 0.542. The minimum Gasteiger partial charge on any atom is -0.395 e. The average molecular weight is 188 g/mol. The van der Waals surface area contributed by atoms with Crippen molar-refractivity contribution in [3.8, 4) is 0 Å². The molecule has 3 unspecified atom stereocenters. The van der Waals surface area contributed by atoms with Crippen molar-refractivity contribution < 1.29 is 9.84 Å². The molecule has 1 aliphatic rings. The second-order valence-corrected chi connectivity index (χ2v) is 3.77. The molecule has 0 bridgehead atoms. The van der Waals surface area contributed by atoms with Gasteiger partial charge in [-0.1, -0.05) is 0 Å². The van der Waals surface area contributed by atoms with E-state index >= 15 is 0 Å². The van der Waals surface area contributed by atoms with Gasteiger partial charge in [0.1, 0.15) is 0 Å². The smallest absolute Gasteiger partial charge is 0.0638 e. The van der Waals surface area contributed by atoms with E-state index in [4.69, 9.17) is 15.6 Å². The van der Waals surface area contributed by atoms with Crippen LogP contribution in [0, 0.1) is 0 Å². The molecule has 1 fully saturated rings. The number of methoxy groups -OCH3 is 1. The molecule has 0 radical (unpaired) electrons. The maximum Gasteiger partial charge on any atom is 0.0638 e. The molecule has 0 aromatic carbocycles. The summed E-state index contributed by atoms with van der Waals surface area (Å²) in [5.41, 5.74) is 5.78. The van der Waals surface area contributed by atoms with Crippen LogP contribution in [-0.4, -0.2) is 43.6 Å². The van der Waals surface area contributed by atoms with E-state index in [0.29, 0.717) is 18.7 Å². The van der Waals surface area contributed by atoms with Gasteiger partial charge in [0, 0.05) is 19.2 Å². The molecule has 0 aromatic heterocycles. The van der Waals surface area contributed by atoms with E-state index < -0.39 is 0 Å². The summed E-state index contributed by atoms with van der Waals surface area (Å²) in [5.74, 6) is 0. The molecule has 0 saturated heterocycles. The number of nitrogens with one attached hydrogen (secondary N) is 1.